The minimum atomic E-state index is -1.57. The lowest BCUT2D eigenvalue weighted by atomic mass is 9.81. The van der Waals surface area contributed by atoms with Gasteiger partial charge in [-0.3, -0.25) is 14.9 Å². The zero-order valence-corrected chi connectivity index (χ0v) is 24.9. The maximum absolute atomic E-state index is 13.6. The lowest BCUT2D eigenvalue weighted by Crippen LogP contribution is -2.50. The number of ether oxygens (including phenoxy) is 2. The molecule has 0 spiro atoms. The van der Waals surface area contributed by atoms with E-state index in [2.05, 4.69) is 15.6 Å². The van der Waals surface area contributed by atoms with Gasteiger partial charge in [0.25, 0.3) is 5.91 Å². The van der Waals surface area contributed by atoms with Crippen molar-refractivity contribution in [1.82, 2.24) is 15.6 Å². The normalized spacial score (nSPS) is 21.1. The van der Waals surface area contributed by atoms with Gasteiger partial charge in [-0.05, 0) is 61.2 Å². The van der Waals surface area contributed by atoms with Crippen LogP contribution < -0.4 is 30.7 Å². The highest BCUT2D eigenvalue weighted by molar-refractivity contribution is 6.10. The van der Waals surface area contributed by atoms with Crippen LogP contribution in [0, 0.1) is 5.92 Å². The number of hydrogen-bond donors (Lipinski definition) is 3. The fourth-order valence-corrected chi connectivity index (χ4v) is 5.89. The molecule has 1 fully saturated rings. The maximum Gasteiger partial charge on any atom is 0.334 e. The summed E-state index contributed by atoms with van der Waals surface area (Å²) in [5, 5.41) is 5.62. The summed E-state index contributed by atoms with van der Waals surface area (Å²) in [7, 11) is 0. The van der Waals surface area contributed by atoms with E-state index < -0.39 is 28.9 Å². The average Bonchev–Trinajstić information content (AvgIpc) is 3.75. The van der Waals surface area contributed by atoms with Crippen molar-refractivity contribution in [2.75, 3.05) is 30.3 Å². The first-order valence-corrected chi connectivity index (χ1v) is 14.8. The zero-order chi connectivity index (χ0) is 32.0. The molecule has 3 heterocycles. The molecule has 2 aliphatic heterocycles. The van der Waals surface area contributed by atoms with Crippen molar-refractivity contribution >= 4 is 41.9 Å². The number of anilines is 2. The standard InChI is InChI=1S/C33H35N5O7/c1-22(33(32(21-40,37-33)14-16-39)31(43)45-24-9-3-2-4-10-24)20-38-26-13-12-23(18-25(26)30(42)36-19-28(38)41)8-5-6-17-44-27-11-7-15-35-29(27)34/h2-4,7,9-13,15-16,18,21-22,37H,5-6,8,14,17,19-20H2,1H3,(H2,34,35)(H,36,42)/t22?,32?,33-/m0/s1. The molecule has 2 unspecified atom stereocenters. The van der Waals surface area contributed by atoms with E-state index in [1.54, 1.807) is 67.7 Å². The van der Waals surface area contributed by atoms with Gasteiger partial charge in [-0.2, -0.15) is 0 Å². The van der Waals surface area contributed by atoms with E-state index in [0.29, 0.717) is 48.4 Å². The molecule has 0 bridgehead atoms. The fourth-order valence-electron chi connectivity index (χ4n) is 5.89. The van der Waals surface area contributed by atoms with Gasteiger partial charge in [-0.25, -0.2) is 9.78 Å². The van der Waals surface area contributed by atoms with Crippen molar-refractivity contribution in [1.29, 1.82) is 0 Å². The second kappa shape index (κ2) is 13.3. The molecule has 5 rings (SSSR count). The minimum Gasteiger partial charge on any atom is -0.490 e. The molecule has 2 aromatic carbocycles. The number of fused-ring (bicyclic) bond motifs is 1. The van der Waals surface area contributed by atoms with Gasteiger partial charge in [0.1, 0.15) is 29.4 Å². The Morgan fingerprint density at radius 2 is 1.91 bits per heavy atom. The molecule has 3 aromatic rings. The smallest absolute Gasteiger partial charge is 0.334 e. The number of hydrogen-bond acceptors (Lipinski definition) is 10. The van der Waals surface area contributed by atoms with E-state index >= 15 is 0 Å². The molecule has 2 aliphatic rings. The van der Waals surface area contributed by atoms with E-state index in [1.807, 2.05) is 6.07 Å². The number of nitrogens with one attached hydrogen (secondary N) is 2. The van der Waals surface area contributed by atoms with Gasteiger partial charge < -0.3 is 35.0 Å². The number of aromatic nitrogens is 1. The molecule has 0 radical (unpaired) electrons. The summed E-state index contributed by atoms with van der Waals surface area (Å²) in [4.78, 5) is 69.3. The number of amides is 2. The zero-order valence-electron chi connectivity index (χ0n) is 24.9. The molecule has 1 aromatic heterocycles. The van der Waals surface area contributed by atoms with Gasteiger partial charge >= 0.3 is 5.97 Å². The van der Waals surface area contributed by atoms with Crippen molar-refractivity contribution in [3.63, 3.8) is 0 Å². The minimum absolute atomic E-state index is 0.0275. The number of aldehydes is 2. The fraction of sp³-hybridized carbons (Fsp3) is 0.333. The van der Waals surface area contributed by atoms with E-state index in [0.717, 1.165) is 18.4 Å². The number of benzene rings is 2. The molecule has 45 heavy (non-hydrogen) atoms. The Kier molecular flexibility index (Phi) is 9.24. The molecular formula is C33H35N5O7. The monoisotopic (exact) mass is 613 g/mol. The summed E-state index contributed by atoms with van der Waals surface area (Å²) in [6, 6.07) is 17.2. The van der Waals surface area contributed by atoms with Crippen molar-refractivity contribution in [2.24, 2.45) is 5.92 Å². The SMILES string of the molecule is CC(CN1C(=O)CNC(=O)c2cc(CCCCOc3cccnc3N)ccc21)[C@@]1(C(=O)Oc2ccccc2)NC1(C=O)CC=O. The topological polar surface area (TPSA) is 180 Å². The van der Waals surface area contributed by atoms with Crippen LogP contribution in [-0.2, 0) is 25.6 Å². The number of esters is 1. The highest BCUT2D eigenvalue weighted by Gasteiger charge is 2.75. The molecule has 12 nitrogen and oxygen atoms in total. The van der Waals surface area contributed by atoms with E-state index in [9.17, 15) is 24.0 Å². The highest BCUT2D eigenvalue weighted by Crippen LogP contribution is 2.47. The number of pyridine rings is 1. The average molecular weight is 614 g/mol. The molecule has 234 valence electrons. The number of nitrogens with two attached hydrogens (primary N) is 1. The van der Waals surface area contributed by atoms with Gasteiger partial charge in [0.2, 0.25) is 5.91 Å². The number of unbranched alkanes of at least 4 members (excludes halogenated alkanes) is 1. The van der Waals surface area contributed by atoms with Crippen molar-refractivity contribution < 1.29 is 33.4 Å². The Bertz CT molecular complexity index is 1600. The molecular weight excluding hydrogens is 578 g/mol. The summed E-state index contributed by atoms with van der Waals surface area (Å²) in [5.41, 5.74) is 4.38. The summed E-state index contributed by atoms with van der Waals surface area (Å²) in [6.45, 7) is 1.89. The van der Waals surface area contributed by atoms with Crippen LogP contribution >= 0.6 is 0 Å². The van der Waals surface area contributed by atoms with Gasteiger partial charge in [-0.1, -0.05) is 31.2 Å². The van der Waals surface area contributed by atoms with Crippen molar-refractivity contribution in [3.05, 3.63) is 78.0 Å². The predicted octanol–water partition coefficient (Wildman–Crippen LogP) is 2.25. The number of carbonyl (C=O) groups excluding carboxylic acids is 5. The van der Waals surface area contributed by atoms with E-state index in [1.165, 1.54) is 4.90 Å². The first kappa shape index (κ1) is 31.3. The van der Waals surface area contributed by atoms with Gasteiger partial charge in [0.15, 0.2) is 11.6 Å². The third kappa shape index (κ3) is 6.27. The second-order valence-electron chi connectivity index (χ2n) is 11.2. The third-order valence-electron chi connectivity index (χ3n) is 8.35. The number of carbonyl (C=O) groups is 5. The number of para-hydroxylation sites is 1. The van der Waals surface area contributed by atoms with Gasteiger partial charge in [-0.15, -0.1) is 0 Å². The van der Waals surface area contributed by atoms with Crippen LogP contribution in [0.5, 0.6) is 11.5 Å². The third-order valence-corrected chi connectivity index (χ3v) is 8.35. The molecule has 4 N–H and O–H groups in total. The molecule has 0 saturated carbocycles. The van der Waals surface area contributed by atoms with Crippen LogP contribution in [0.15, 0.2) is 66.9 Å². The van der Waals surface area contributed by atoms with Crippen LogP contribution in [0.3, 0.4) is 0 Å². The Labute approximate surface area is 260 Å². The second-order valence-corrected chi connectivity index (χ2v) is 11.2. The van der Waals surface area contributed by atoms with Crippen LogP contribution in [-0.4, -0.2) is 66.1 Å². The molecule has 2 amide bonds. The van der Waals surface area contributed by atoms with Crippen LogP contribution in [0.4, 0.5) is 11.5 Å². The quantitative estimate of drug-likeness (QED) is 0.0802. The number of nitrogens with zero attached hydrogens (tertiary/aromatic N) is 2. The predicted molar refractivity (Wildman–Crippen MR) is 165 cm³/mol. The van der Waals surface area contributed by atoms with Crippen molar-refractivity contribution in [2.45, 2.75) is 43.7 Å². The molecule has 12 heteroatoms. The summed E-state index contributed by atoms with van der Waals surface area (Å²) in [6.07, 6.45) is 4.66. The Hall–Kier alpha value is -5.10. The van der Waals surface area contributed by atoms with Crippen LogP contribution in [0.25, 0.3) is 0 Å². The van der Waals surface area contributed by atoms with Crippen LogP contribution in [0.1, 0.15) is 42.1 Å². The lowest BCUT2D eigenvalue weighted by Gasteiger charge is -2.30. The maximum atomic E-state index is 13.6. The Morgan fingerprint density at radius 1 is 1.11 bits per heavy atom. The number of rotatable bonds is 14. The Balaban J connectivity index is 1.32. The van der Waals surface area contributed by atoms with Gasteiger partial charge in [0, 0.05) is 25.1 Å². The molecule has 0 aliphatic carbocycles. The lowest BCUT2D eigenvalue weighted by molar-refractivity contribution is -0.140. The summed E-state index contributed by atoms with van der Waals surface area (Å²) >= 11 is 0. The molecule has 3 atom stereocenters. The Morgan fingerprint density at radius 3 is 2.64 bits per heavy atom. The first-order chi connectivity index (χ1) is 21.7. The van der Waals surface area contributed by atoms with E-state index in [4.69, 9.17) is 15.2 Å². The number of aryl methyl sites for hydroxylation is 1. The van der Waals surface area contributed by atoms with Gasteiger partial charge in [0.05, 0.1) is 24.4 Å². The summed E-state index contributed by atoms with van der Waals surface area (Å²) < 4.78 is 11.3. The molecule has 1 saturated heterocycles. The van der Waals surface area contributed by atoms with Crippen LogP contribution in [0.2, 0.25) is 0 Å². The summed E-state index contributed by atoms with van der Waals surface area (Å²) in [5.74, 6) is -1.06. The number of nitrogen functional groups attached to an aromatic ring is 1. The van der Waals surface area contributed by atoms with E-state index in [-0.39, 0.29) is 31.2 Å². The first-order valence-electron chi connectivity index (χ1n) is 14.8. The largest absolute Gasteiger partial charge is 0.490 e. The van der Waals surface area contributed by atoms with Crippen molar-refractivity contribution in [3.8, 4) is 11.5 Å². The highest BCUT2D eigenvalue weighted by atomic mass is 16.5.